The Kier molecular flexibility index (Phi) is 4.77. The fraction of sp³-hybridized carbons (Fsp3) is 0.217. The summed E-state index contributed by atoms with van der Waals surface area (Å²) in [7, 11) is 0. The Morgan fingerprint density at radius 2 is 1.87 bits per heavy atom. The van der Waals surface area contributed by atoms with E-state index in [-0.39, 0.29) is 22.3 Å². The zero-order chi connectivity index (χ0) is 20.7. The normalized spacial score (nSPS) is 15.9. The van der Waals surface area contributed by atoms with Gasteiger partial charge in [0, 0.05) is 23.9 Å². The Bertz CT molecular complexity index is 1340. The average Bonchev–Trinajstić information content (AvgIpc) is 3.14. The minimum absolute atomic E-state index is 0.178. The first-order chi connectivity index (χ1) is 14.6. The minimum Gasteiger partial charge on any atom is -0.859 e. The molecule has 6 nitrogen and oxygen atoms in total. The highest BCUT2D eigenvalue weighted by Crippen LogP contribution is 2.31. The molecule has 0 unspecified atom stereocenters. The van der Waals surface area contributed by atoms with E-state index in [2.05, 4.69) is 21.4 Å². The molecule has 0 amide bonds. The van der Waals surface area contributed by atoms with Gasteiger partial charge in [0.05, 0.1) is 17.8 Å². The highest BCUT2D eigenvalue weighted by Gasteiger charge is 2.31. The van der Waals surface area contributed by atoms with Crippen LogP contribution in [0.4, 0.5) is 0 Å². The number of nitrogens with zero attached hydrogens (tertiary/aromatic N) is 1. The van der Waals surface area contributed by atoms with Crippen LogP contribution >= 0.6 is 12.2 Å². The van der Waals surface area contributed by atoms with Crippen LogP contribution in [0, 0.1) is 4.77 Å². The average molecular weight is 419 g/mol. The van der Waals surface area contributed by atoms with Crippen LogP contribution in [0.5, 0.6) is 5.88 Å². The molecule has 1 aliphatic rings. The van der Waals surface area contributed by atoms with Crippen molar-refractivity contribution in [3.63, 3.8) is 0 Å². The van der Waals surface area contributed by atoms with Crippen molar-refractivity contribution in [1.29, 1.82) is 0 Å². The molecule has 2 aromatic carbocycles. The number of benzene rings is 2. The molecule has 1 aliphatic heterocycles. The first-order valence-electron chi connectivity index (χ1n) is 10.1. The summed E-state index contributed by atoms with van der Waals surface area (Å²) < 4.78 is 1.70. The topological polar surface area (TPSA) is 93.2 Å². The number of rotatable bonds is 4. The molecule has 1 atom stereocenters. The monoisotopic (exact) mass is 418 g/mol. The first-order valence-corrected chi connectivity index (χ1v) is 10.5. The molecule has 4 N–H and O–H groups in total. The Balaban J connectivity index is 1.59. The maximum atomic E-state index is 13.4. The molecule has 0 fully saturated rings. The highest BCUT2D eigenvalue weighted by atomic mass is 32.1. The molecule has 0 radical (unpaired) electrons. The summed E-state index contributed by atoms with van der Waals surface area (Å²) in [6, 6.07) is 17.7. The Hall–Kier alpha value is -3.16. The van der Waals surface area contributed by atoms with Gasteiger partial charge in [0.1, 0.15) is 0 Å². The fourth-order valence-corrected chi connectivity index (χ4v) is 4.73. The lowest BCUT2D eigenvalue weighted by molar-refractivity contribution is -0.691. The van der Waals surface area contributed by atoms with Gasteiger partial charge in [0.25, 0.3) is 5.56 Å². The van der Waals surface area contributed by atoms with Crippen molar-refractivity contribution in [2.24, 2.45) is 0 Å². The number of nitrogens with two attached hydrogens (primary N) is 1. The van der Waals surface area contributed by atoms with Crippen molar-refractivity contribution in [1.82, 2.24) is 14.5 Å². The van der Waals surface area contributed by atoms with Crippen molar-refractivity contribution in [2.45, 2.75) is 25.4 Å². The van der Waals surface area contributed by atoms with Gasteiger partial charge in [-0.3, -0.25) is 9.78 Å². The van der Waals surface area contributed by atoms with Crippen molar-refractivity contribution in [3.05, 3.63) is 92.1 Å². The number of quaternary nitrogens is 1. The molecule has 4 aromatic rings. The van der Waals surface area contributed by atoms with Gasteiger partial charge in [-0.15, -0.1) is 0 Å². The molecule has 0 aliphatic carbocycles. The first kappa shape index (κ1) is 18.8. The van der Waals surface area contributed by atoms with E-state index in [0.717, 1.165) is 35.1 Å². The second kappa shape index (κ2) is 7.59. The summed E-state index contributed by atoms with van der Waals surface area (Å²) in [5, 5.41) is 16.6. The standard InChI is InChI=1S/C23H22N4O2S/c28-21-18(20-19-16(10-12-24-20)15-8-4-5-9-17(15)25-19)22(29)27(23(30)26-21)13-11-14-6-2-1-3-7-14/h1-9,20,24-25,29H,10-13H2,(H,26,28,30)/t20-/m0/s1. The fourth-order valence-electron chi connectivity index (χ4n) is 4.46. The third-order valence-electron chi connectivity index (χ3n) is 5.92. The van der Waals surface area contributed by atoms with Crippen LogP contribution in [0.2, 0.25) is 0 Å². The summed E-state index contributed by atoms with van der Waals surface area (Å²) in [5.41, 5.74) is 4.13. The predicted molar refractivity (Wildman–Crippen MR) is 116 cm³/mol. The Morgan fingerprint density at radius 1 is 1.10 bits per heavy atom. The van der Waals surface area contributed by atoms with E-state index in [1.807, 2.05) is 48.5 Å². The van der Waals surface area contributed by atoms with Crippen LogP contribution in [0.1, 0.15) is 28.4 Å². The molecule has 30 heavy (non-hydrogen) atoms. The minimum atomic E-state index is -0.395. The van der Waals surface area contributed by atoms with Gasteiger partial charge in [-0.05, 0) is 41.7 Å². The Labute approximate surface area is 178 Å². The Morgan fingerprint density at radius 3 is 2.70 bits per heavy atom. The second-order valence-electron chi connectivity index (χ2n) is 7.68. The van der Waals surface area contributed by atoms with Gasteiger partial charge < -0.3 is 20.0 Å². The lowest BCUT2D eigenvalue weighted by Gasteiger charge is -2.27. The summed E-state index contributed by atoms with van der Waals surface area (Å²) in [5.74, 6) is -0.299. The van der Waals surface area contributed by atoms with Crippen molar-refractivity contribution < 1.29 is 10.4 Å². The molecule has 152 valence electrons. The molecule has 7 heteroatoms. The third kappa shape index (κ3) is 3.16. The van der Waals surface area contributed by atoms with Gasteiger partial charge in [-0.1, -0.05) is 48.5 Å². The number of nitrogens with one attached hydrogen (secondary N) is 2. The third-order valence-corrected chi connectivity index (χ3v) is 6.24. The van der Waals surface area contributed by atoms with Gasteiger partial charge in [-0.2, -0.15) is 0 Å². The molecular weight excluding hydrogens is 396 g/mol. The van der Waals surface area contributed by atoms with Crippen LogP contribution in [0.15, 0.2) is 59.4 Å². The molecular formula is C23H22N4O2S. The predicted octanol–water partition coefficient (Wildman–Crippen LogP) is 1.91. The van der Waals surface area contributed by atoms with Gasteiger partial charge >= 0.3 is 0 Å². The largest absolute Gasteiger partial charge is 0.859 e. The highest BCUT2D eigenvalue weighted by molar-refractivity contribution is 7.71. The maximum absolute atomic E-state index is 13.4. The number of hydrogen-bond donors (Lipinski definition) is 3. The maximum Gasteiger partial charge on any atom is 0.260 e. The molecule has 0 bridgehead atoms. The van der Waals surface area contributed by atoms with Gasteiger partial charge in [0.2, 0.25) is 0 Å². The number of aryl methyl sites for hydroxylation is 1. The van der Waals surface area contributed by atoms with E-state index in [1.54, 1.807) is 0 Å². The lowest BCUT2D eigenvalue weighted by atomic mass is 9.95. The van der Waals surface area contributed by atoms with E-state index in [4.69, 9.17) is 12.2 Å². The van der Waals surface area contributed by atoms with E-state index in [0.29, 0.717) is 13.0 Å². The summed E-state index contributed by atoms with van der Waals surface area (Å²) >= 11 is 5.32. The zero-order valence-electron chi connectivity index (χ0n) is 16.4. The number of fused-ring (bicyclic) bond motifs is 3. The zero-order valence-corrected chi connectivity index (χ0v) is 17.2. The number of aromatic nitrogens is 3. The molecule has 0 spiro atoms. The smallest absolute Gasteiger partial charge is 0.260 e. The van der Waals surface area contributed by atoms with Gasteiger partial charge in [0.15, 0.2) is 10.8 Å². The van der Waals surface area contributed by atoms with Crippen LogP contribution in [-0.2, 0) is 19.4 Å². The number of hydrogen-bond acceptors (Lipinski definition) is 3. The van der Waals surface area contributed by atoms with Crippen molar-refractivity contribution in [3.8, 4) is 5.88 Å². The van der Waals surface area contributed by atoms with E-state index < -0.39 is 5.56 Å². The van der Waals surface area contributed by atoms with Crippen LogP contribution in [0.3, 0.4) is 0 Å². The summed E-state index contributed by atoms with van der Waals surface area (Å²) in [4.78, 5) is 19.0. The van der Waals surface area contributed by atoms with Crippen molar-refractivity contribution in [2.75, 3.05) is 6.54 Å². The lowest BCUT2D eigenvalue weighted by Crippen LogP contribution is -2.88. The number of aromatic amines is 2. The quantitative estimate of drug-likeness (QED) is 0.442. The molecule has 2 aromatic heterocycles. The van der Waals surface area contributed by atoms with Crippen LogP contribution in [0.25, 0.3) is 10.9 Å². The van der Waals surface area contributed by atoms with E-state index in [1.165, 1.54) is 10.1 Å². The molecule has 5 rings (SSSR count). The molecule has 0 saturated carbocycles. The summed E-state index contributed by atoms with van der Waals surface area (Å²) in [6.45, 7) is 1.25. The van der Waals surface area contributed by atoms with Crippen LogP contribution < -0.4 is 16.0 Å². The van der Waals surface area contributed by atoms with Crippen LogP contribution in [-0.4, -0.2) is 21.1 Å². The van der Waals surface area contributed by atoms with Crippen molar-refractivity contribution >= 4 is 23.1 Å². The van der Waals surface area contributed by atoms with E-state index in [9.17, 15) is 9.90 Å². The number of para-hydroxylation sites is 1. The summed E-state index contributed by atoms with van der Waals surface area (Å²) in [6.07, 6.45) is 1.57. The van der Waals surface area contributed by atoms with Gasteiger partial charge in [-0.25, -0.2) is 0 Å². The SMILES string of the molecule is O=c1[nH]c(=S)n(CCc2ccccc2)c([O-])c1[C@@H]1[NH2+]CCc2c1[nH]c1ccccc21. The van der Waals surface area contributed by atoms with E-state index >= 15 is 0 Å². The molecule has 3 heterocycles. The second-order valence-corrected chi connectivity index (χ2v) is 8.07. The number of H-pyrrole nitrogens is 2. The molecule has 0 saturated heterocycles.